The van der Waals surface area contributed by atoms with Crippen molar-refractivity contribution in [3.63, 3.8) is 0 Å². The number of morpholine rings is 1. The van der Waals surface area contributed by atoms with E-state index < -0.39 is 0 Å². The van der Waals surface area contributed by atoms with Gasteiger partial charge in [0.05, 0.1) is 25.7 Å². The number of halogens is 1. The second kappa shape index (κ2) is 9.77. The molecule has 0 aliphatic carbocycles. The Morgan fingerprint density at radius 3 is 2.76 bits per heavy atom. The third-order valence-electron chi connectivity index (χ3n) is 4.17. The Kier molecular flexibility index (Phi) is 7.71. The van der Waals surface area contributed by atoms with Gasteiger partial charge in [-0.05, 0) is 29.1 Å². The summed E-state index contributed by atoms with van der Waals surface area (Å²) in [5, 5.41) is 5.16. The summed E-state index contributed by atoms with van der Waals surface area (Å²) in [6.45, 7) is 3.90. The molecule has 1 unspecified atom stereocenters. The smallest absolute Gasteiger partial charge is 0.224 e. The molecule has 25 heavy (non-hydrogen) atoms. The Bertz CT molecular complexity index is 660. The molecule has 1 atom stereocenters. The molecule has 1 fully saturated rings. The molecule has 5 nitrogen and oxygen atoms in total. The van der Waals surface area contributed by atoms with Gasteiger partial charge in [0.2, 0.25) is 5.91 Å². The highest BCUT2D eigenvalue weighted by atomic mass is 35.5. The van der Waals surface area contributed by atoms with Gasteiger partial charge in [-0.3, -0.25) is 9.69 Å². The van der Waals surface area contributed by atoms with Crippen molar-refractivity contribution in [1.82, 2.24) is 10.2 Å². The van der Waals surface area contributed by atoms with E-state index in [-0.39, 0.29) is 24.4 Å². The quantitative estimate of drug-likeness (QED) is 0.754. The molecule has 3 rings (SSSR count). The molecule has 136 valence electrons. The van der Waals surface area contributed by atoms with E-state index in [9.17, 15) is 4.79 Å². The third kappa shape index (κ3) is 5.71. The number of hydrogen-bond donors (Lipinski definition) is 2. The summed E-state index contributed by atoms with van der Waals surface area (Å²) in [4.78, 5) is 16.0. The van der Waals surface area contributed by atoms with Gasteiger partial charge in [-0.25, -0.2) is 0 Å². The molecule has 1 saturated heterocycles. The minimum absolute atomic E-state index is 0. The van der Waals surface area contributed by atoms with Gasteiger partial charge >= 0.3 is 0 Å². The molecule has 1 aromatic carbocycles. The highest BCUT2D eigenvalue weighted by molar-refractivity contribution is 7.10. The van der Waals surface area contributed by atoms with E-state index in [0.29, 0.717) is 18.7 Å². The number of hydrogen-bond acceptors (Lipinski definition) is 5. The van der Waals surface area contributed by atoms with E-state index in [1.165, 1.54) is 4.88 Å². The monoisotopic (exact) mass is 381 g/mol. The van der Waals surface area contributed by atoms with E-state index in [1.54, 1.807) is 11.3 Å². The number of rotatable bonds is 6. The van der Waals surface area contributed by atoms with Gasteiger partial charge in [0.25, 0.3) is 0 Å². The van der Waals surface area contributed by atoms with Crippen LogP contribution in [0.4, 0.5) is 5.69 Å². The molecule has 7 heteroatoms. The number of thiophene rings is 1. The molecule has 1 amide bonds. The van der Waals surface area contributed by atoms with Crippen LogP contribution in [-0.2, 0) is 16.0 Å². The lowest BCUT2D eigenvalue weighted by atomic mass is 10.1. The summed E-state index contributed by atoms with van der Waals surface area (Å²) in [7, 11) is 0. The summed E-state index contributed by atoms with van der Waals surface area (Å²) in [6.07, 6.45) is 0.352. The lowest BCUT2D eigenvalue weighted by Gasteiger charge is -2.34. The molecule has 0 spiro atoms. The first-order chi connectivity index (χ1) is 11.7. The lowest BCUT2D eigenvalue weighted by Crippen LogP contribution is -2.43. The maximum Gasteiger partial charge on any atom is 0.224 e. The summed E-state index contributed by atoms with van der Waals surface area (Å²) >= 11 is 1.73. The molecular weight excluding hydrogens is 358 g/mol. The number of nitrogens with one attached hydrogen (secondary N) is 1. The number of anilines is 1. The Morgan fingerprint density at radius 1 is 1.28 bits per heavy atom. The van der Waals surface area contributed by atoms with Crippen LogP contribution in [0, 0.1) is 0 Å². The first-order valence-corrected chi connectivity index (χ1v) is 9.06. The molecule has 1 aliphatic heterocycles. The number of nitrogens with two attached hydrogens (primary N) is 1. The third-order valence-corrected chi connectivity index (χ3v) is 5.14. The normalized spacial score (nSPS) is 16.0. The molecule has 2 aromatic rings. The van der Waals surface area contributed by atoms with Crippen LogP contribution in [0.5, 0.6) is 0 Å². The summed E-state index contributed by atoms with van der Waals surface area (Å²) in [5.74, 6) is 0.0235. The van der Waals surface area contributed by atoms with Gasteiger partial charge in [0.1, 0.15) is 0 Å². The summed E-state index contributed by atoms with van der Waals surface area (Å²) in [5.41, 5.74) is 7.39. The van der Waals surface area contributed by atoms with Crippen molar-refractivity contribution in [3.05, 3.63) is 52.2 Å². The van der Waals surface area contributed by atoms with Crippen LogP contribution in [-0.4, -0.2) is 43.7 Å². The fraction of sp³-hybridized carbons (Fsp3) is 0.389. The molecule has 0 radical (unpaired) electrons. The van der Waals surface area contributed by atoms with Gasteiger partial charge in [-0.15, -0.1) is 23.7 Å². The Hall–Kier alpha value is -1.60. The number of carbonyl (C=O) groups excluding carboxylic acids is 1. The maximum atomic E-state index is 12.3. The Balaban J connectivity index is 0.00000225. The number of nitrogens with zero attached hydrogens (tertiary/aromatic N) is 1. The number of amides is 1. The minimum Gasteiger partial charge on any atom is -0.399 e. The lowest BCUT2D eigenvalue weighted by molar-refractivity contribution is -0.120. The van der Waals surface area contributed by atoms with Crippen molar-refractivity contribution in [1.29, 1.82) is 0 Å². The number of benzene rings is 1. The molecule has 2 heterocycles. The highest BCUT2D eigenvalue weighted by Gasteiger charge is 2.23. The average Bonchev–Trinajstić information content (AvgIpc) is 3.10. The standard InChI is InChI=1S/C18H23N3O2S.ClH/c19-15-4-1-3-14(11-15)12-18(22)20-13-16(17-5-2-10-24-17)21-6-8-23-9-7-21;/h1-5,10-11,16H,6-9,12-13,19H2,(H,20,22);1H. The molecule has 0 saturated carbocycles. The van der Waals surface area contributed by atoms with E-state index >= 15 is 0 Å². The number of carbonyl (C=O) groups is 1. The molecule has 3 N–H and O–H groups in total. The molecule has 1 aromatic heterocycles. The van der Waals surface area contributed by atoms with E-state index in [2.05, 4.69) is 27.7 Å². The van der Waals surface area contributed by atoms with Gasteiger partial charge in [0, 0.05) is 30.2 Å². The fourth-order valence-electron chi connectivity index (χ4n) is 2.94. The van der Waals surface area contributed by atoms with E-state index in [1.807, 2.05) is 24.3 Å². The number of ether oxygens (including phenoxy) is 1. The van der Waals surface area contributed by atoms with E-state index in [4.69, 9.17) is 10.5 Å². The van der Waals surface area contributed by atoms with Gasteiger partial charge in [-0.2, -0.15) is 0 Å². The first kappa shape index (κ1) is 19.7. The second-order valence-electron chi connectivity index (χ2n) is 5.91. The average molecular weight is 382 g/mol. The van der Waals surface area contributed by atoms with Crippen LogP contribution in [0.3, 0.4) is 0 Å². The topological polar surface area (TPSA) is 67.6 Å². The SMILES string of the molecule is Cl.Nc1cccc(CC(=O)NCC(c2cccs2)N2CCOCC2)c1. The Morgan fingerprint density at radius 2 is 2.08 bits per heavy atom. The second-order valence-corrected chi connectivity index (χ2v) is 6.88. The zero-order valence-electron chi connectivity index (χ0n) is 14.0. The fourth-order valence-corrected chi connectivity index (χ4v) is 3.80. The molecule has 0 bridgehead atoms. The maximum absolute atomic E-state index is 12.3. The van der Waals surface area contributed by atoms with Gasteiger partial charge in [-0.1, -0.05) is 18.2 Å². The molecule has 1 aliphatic rings. The number of nitrogen functional groups attached to an aromatic ring is 1. The van der Waals surface area contributed by atoms with Crippen LogP contribution in [0.15, 0.2) is 41.8 Å². The van der Waals surface area contributed by atoms with Crippen molar-refractivity contribution < 1.29 is 9.53 Å². The first-order valence-electron chi connectivity index (χ1n) is 8.18. The Labute approximate surface area is 158 Å². The van der Waals surface area contributed by atoms with Crippen LogP contribution >= 0.6 is 23.7 Å². The van der Waals surface area contributed by atoms with Crippen molar-refractivity contribution in [2.24, 2.45) is 0 Å². The molecular formula is C18H24ClN3O2S. The van der Waals surface area contributed by atoms with Crippen molar-refractivity contribution >= 4 is 35.3 Å². The highest BCUT2D eigenvalue weighted by Crippen LogP contribution is 2.25. The largest absolute Gasteiger partial charge is 0.399 e. The van der Waals surface area contributed by atoms with Crippen LogP contribution in [0.2, 0.25) is 0 Å². The summed E-state index contributed by atoms with van der Waals surface area (Å²) in [6, 6.07) is 11.9. The van der Waals surface area contributed by atoms with Crippen molar-refractivity contribution in [3.8, 4) is 0 Å². The zero-order chi connectivity index (χ0) is 16.8. The van der Waals surface area contributed by atoms with Crippen molar-refractivity contribution in [2.45, 2.75) is 12.5 Å². The predicted octanol–water partition coefficient (Wildman–Crippen LogP) is 2.48. The van der Waals surface area contributed by atoms with Gasteiger partial charge in [0.15, 0.2) is 0 Å². The minimum atomic E-state index is 0. The predicted molar refractivity (Wildman–Crippen MR) is 104 cm³/mol. The van der Waals surface area contributed by atoms with E-state index in [0.717, 1.165) is 31.9 Å². The van der Waals surface area contributed by atoms with Crippen LogP contribution < -0.4 is 11.1 Å². The van der Waals surface area contributed by atoms with Crippen LogP contribution in [0.25, 0.3) is 0 Å². The zero-order valence-corrected chi connectivity index (χ0v) is 15.7. The van der Waals surface area contributed by atoms with Crippen molar-refractivity contribution in [2.75, 3.05) is 38.6 Å². The summed E-state index contributed by atoms with van der Waals surface area (Å²) < 4.78 is 5.45. The van der Waals surface area contributed by atoms with Crippen LogP contribution in [0.1, 0.15) is 16.5 Å². The van der Waals surface area contributed by atoms with Gasteiger partial charge < -0.3 is 15.8 Å².